The summed E-state index contributed by atoms with van der Waals surface area (Å²) in [6.45, 7) is 9.30. The Hall–Kier alpha value is -3.80. The lowest BCUT2D eigenvalue weighted by molar-refractivity contribution is 0.202. The molecule has 159 valence electrons. The molecule has 2 N–H and O–H groups in total. The highest BCUT2D eigenvalue weighted by Crippen LogP contribution is 2.41. The molecule has 2 amide bonds. The molecule has 0 unspecified atom stereocenters. The van der Waals surface area contributed by atoms with Crippen molar-refractivity contribution in [1.82, 2.24) is 0 Å². The van der Waals surface area contributed by atoms with Crippen LogP contribution in [0.15, 0.2) is 48.5 Å². The van der Waals surface area contributed by atoms with Gasteiger partial charge in [0.15, 0.2) is 0 Å². The number of hydrogen-bond donors (Lipinski definition) is 2. The van der Waals surface area contributed by atoms with Crippen LogP contribution in [0.5, 0.6) is 0 Å². The zero-order chi connectivity index (χ0) is 22.9. The Bertz CT molecular complexity index is 1130. The highest BCUT2D eigenvalue weighted by Gasteiger charge is 2.28. The maximum Gasteiger partial charge on any atom is 0.416 e. The van der Waals surface area contributed by atoms with E-state index in [1.54, 1.807) is 37.3 Å². The highest BCUT2D eigenvalue weighted by molar-refractivity contribution is 6.06. The summed E-state index contributed by atoms with van der Waals surface area (Å²) >= 11 is 0. The largest absolute Gasteiger partial charge is 0.464 e. The van der Waals surface area contributed by atoms with Gasteiger partial charge in [-0.05, 0) is 105 Å². The predicted octanol–water partition coefficient (Wildman–Crippen LogP) is 6.66. The summed E-state index contributed by atoms with van der Waals surface area (Å²) < 4.78 is 0. The van der Waals surface area contributed by atoms with Gasteiger partial charge in [-0.25, -0.2) is 19.4 Å². The lowest BCUT2D eigenvalue weighted by atomic mass is 10.1. The normalized spacial score (nSPS) is 10.6. The molecule has 0 fully saturated rings. The molecule has 0 aliphatic rings. The van der Waals surface area contributed by atoms with Crippen LogP contribution in [0.1, 0.15) is 27.8 Å². The first-order chi connectivity index (χ1) is 14.6. The number of benzene rings is 3. The van der Waals surface area contributed by atoms with E-state index in [1.807, 2.05) is 39.8 Å². The molecular weight excluding hydrogens is 392 g/mol. The first-order valence-electron chi connectivity index (χ1n) is 9.82. The molecule has 0 aromatic heterocycles. The molecule has 3 aromatic carbocycles. The summed E-state index contributed by atoms with van der Waals surface area (Å²) in [5.74, 6) is 0. The smallest absolute Gasteiger partial charge is 0.416 e. The second-order valence-electron chi connectivity index (χ2n) is 7.80. The van der Waals surface area contributed by atoms with Crippen molar-refractivity contribution in [2.45, 2.75) is 34.6 Å². The van der Waals surface area contributed by atoms with E-state index < -0.39 is 12.2 Å². The minimum atomic E-state index is -1.21. The molecule has 0 aliphatic carbocycles. The Morgan fingerprint density at radius 2 is 1.10 bits per heavy atom. The molecule has 0 aliphatic heterocycles. The van der Waals surface area contributed by atoms with E-state index in [0.29, 0.717) is 16.9 Å². The van der Waals surface area contributed by atoms with E-state index in [4.69, 9.17) is 0 Å². The number of nitrogens with zero attached hydrogens (tertiary/aromatic N) is 2. The van der Waals surface area contributed by atoms with Crippen LogP contribution < -0.4 is 9.80 Å². The molecule has 0 spiro atoms. The topological polar surface area (TPSA) is 81.1 Å². The third-order valence-electron chi connectivity index (χ3n) is 4.91. The Kier molecular flexibility index (Phi) is 6.02. The van der Waals surface area contributed by atoms with Gasteiger partial charge in [0.05, 0.1) is 22.7 Å². The monoisotopic (exact) mass is 417 g/mol. The van der Waals surface area contributed by atoms with Gasteiger partial charge in [0.1, 0.15) is 0 Å². The first kappa shape index (κ1) is 21.9. The van der Waals surface area contributed by atoms with Crippen LogP contribution in [0.4, 0.5) is 32.3 Å². The van der Waals surface area contributed by atoms with Crippen molar-refractivity contribution in [1.29, 1.82) is 0 Å². The summed E-state index contributed by atoms with van der Waals surface area (Å²) in [6, 6.07) is 17.1. The molecule has 0 saturated heterocycles. The fourth-order valence-electron chi connectivity index (χ4n) is 3.89. The number of aryl methyl sites for hydroxylation is 5. The molecular formula is C25H25N2O4. The minimum Gasteiger partial charge on any atom is -0.464 e. The standard InChI is InChI=1S/C25H25N2O4/c1-15-9-16(2)12-20(11-15)26(24(28)29)22-8-6-7-19(5)23(22)27(25(30)31)21-13-17(3)10-18(4)14-21/h7-14H,1-5H3,(H,28,29)(H,30,31). The lowest BCUT2D eigenvalue weighted by Gasteiger charge is -2.29. The van der Waals surface area contributed by atoms with Crippen LogP contribution in [0, 0.1) is 40.7 Å². The first-order valence-corrected chi connectivity index (χ1v) is 9.82. The zero-order valence-corrected chi connectivity index (χ0v) is 18.2. The van der Waals surface area contributed by atoms with E-state index in [1.165, 1.54) is 6.07 Å². The van der Waals surface area contributed by atoms with Crippen LogP contribution >= 0.6 is 0 Å². The molecule has 3 rings (SSSR count). The third-order valence-corrected chi connectivity index (χ3v) is 4.91. The number of rotatable bonds is 4. The van der Waals surface area contributed by atoms with Crippen LogP contribution in [0.3, 0.4) is 0 Å². The van der Waals surface area contributed by atoms with Gasteiger partial charge in [0.2, 0.25) is 0 Å². The van der Waals surface area contributed by atoms with Crippen molar-refractivity contribution in [2.24, 2.45) is 0 Å². The van der Waals surface area contributed by atoms with Gasteiger partial charge in [-0.2, -0.15) is 0 Å². The third kappa shape index (κ3) is 4.53. The molecule has 3 aromatic rings. The summed E-state index contributed by atoms with van der Waals surface area (Å²) in [7, 11) is 0. The molecule has 6 nitrogen and oxygen atoms in total. The molecule has 31 heavy (non-hydrogen) atoms. The van der Waals surface area contributed by atoms with Crippen LogP contribution in [0.2, 0.25) is 0 Å². The SMILES string of the molecule is Cc1cc(C)cc(N(C(=O)O)c2c[c]cc(C)c2N(C(=O)O)c2cc(C)cc(C)c2)c1. The Balaban J connectivity index is 2.31. The molecule has 0 saturated carbocycles. The zero-order valence-electron chi connectivity index (χ0n) is 18.2. The summed E-state index contributed by atoms with van der Waals surface area (Å²) in [5.41, 5.74) is 5.61. The van der Waals surface area contributed by atoms with Crippen molar-refractivity contribution in [3.63, 3.8) is 0 Å². The number of carbonyl (C=O) groups is 2. The van der Waals surface area contributed by atoms with Gasteiger partial charge < -0.3 is 10.2 Å². The average molecular weight is 417 g/mol. The van der Waals surface area contributed by atoms with Crippen molar-refractivity contribution < 1.29 is 19.8 Å². The average Bonchev–Trinajstić information content (AvgIpc) is 2.62. The number of amides is 2. The van der Waals surface area contributed by atoms with E-state index in [0.717, 1.165) is 32.1 Å². The van der Waals surface area contributed by atoms with E-state index in [-0.39, 0.29) is 11.4 Å². The van der Waals surface area contributed by atoms with Crippen molar-refractivity contribution in [2.75, 3.05) is 9.80 Å². The second kappa shape index (κ2) is 8.52. The number of carboxylic acid groups (broad SMARTS) is 2. The second-order valence-corrected chi connectivity index (χ2v) is 7.80. The Morgan fingerprint density at radius 1 is 0.677 bits per heavy atom. The van der Waals surface area contributed by atoms with Crippen molar-refractivity contribution in [3.8, 4) is 0 Å². The van der Waals surface area contributed by atoms with Gasteiger partial charge >= 0.3 is 12.2 Å². The molecule has 6 heteroatoms. The minimum absolute atomic E-state index is 0.221. The molecule has 0 atom stereocenters. The van der Waals surface area contributed by atoms with Crippen LogP contribution in [-0.4, -0.2) is 22.4 Å². The number of hydrogen-bond acceptors (Lipinski definition) is 2. The summed E-state index contributed by atoms with van der Waals surface area (Å²) in [5, 5.41) is 20.2. The van der Waals surface area contributed by atoms with Crippen molar-refractivity contribution >= 4 is 34.9 Å². The van der Waals surface area contributed by atoms with Crippen molar-refractivity contribution in [3.05, 3.63) is 82.4 Å². The Labute approximate surface area is 182 Å². The summed E-state index contributed by atoms with van der Waals surface area (Å²) in [6.07, 6.45) is -2.41. The molecule has 1 radical (unpaired) electrons. The van der Waals surface area contributed by atoms with Crippen LogP contribution in [-0.2, 0) is 0 Å². The fraction of sp³-hybridized carbons (Fsp3) is 0.200. The van der Waals surface area contributed by atoms with Gasteiger partial charge in [-0.15, -0.1) is 0 Å². The van der Waals surface area contributed by atoms with Gasteiger partial charge in [-0.3, -0.25) is 0 Å². The van der Waals surface area contributed by atoms with E-state index >= 15 is 0 Å². The van der Waals surface area contributed by atoms with Gasteiger partial charge in [0.25, 0.3) is 0 Å². The maximum atomic E-state index is 12.4. The van der Waals surface area contributed by atoms with Gasteiger partial charge in [-0.1, -0.05) is 12.1 Å². The fourth-order valence-corrected chi connectivity index (χ4v) is 3.89. The van der Waals surface area contributed by atoms with Gasteiger partial charge in [0, 0.05) is 0 Å². The maximum absolute atomic E-state index is 12.4. The van der Waals surface area contributed by atoms with E-state index in [2.05, 4.69) is 6.07 Å². The predicted molar refractivity (Wildman–Crippen MR) is 122 cm³/mol. The lowest BCUT2D eigenvalue weighted by Crippen LogP contribution is -2.30. The van der Waals surface area contributed by atoms with E-state index in [9.17, 15) is 19.8 Å². The molecule has 0 heterocycles. The Morgan fingerprint density at radius 3 is 1.52 bits per heavy atom. The summed E-state index contributed by atoms with van der Waals surface area (Å²) in [4.78, 5) is 27.0. The quantitative estimate of drug-likeness (QED) is 0.497. The molecule has 0 bridgehead atoms. The van der Waals surface area contributed by atoms with Crippen LogP contribution in [0.25, 0.3) is 0 Å². The highest BCUT2D eigenvalue weighted by atomic mass is 16.4. The number of anilines is 4.